The molecule has 3 amide bonds. The van der Waals surface area contributed by atoms with E-state index in [1.54, 1.807) is 20.0 Å². The molecule has 0 aliphatic carbocycles. The number of pyridine rings is 1. The standard InChI is InChI=1S/C26H31F3N6O5/c1-17-20(22-7-8-33-34(22)3)16-21(24(37)35(17)19-6-4-5-18(15-19)26(27,28)29)23(36)31-9-11-39-13-14-40-12-10-32-25(38)30-2/h4-8,15-16H,9-14H2,1-3H3,(H,31,36)(H2,30,32,38). The number of nitrogens with one attached hydrogen (secondary N) is 3. The largest absolute Gasteiger partial charge is 0.416 e. The molecule has 0 saturated carbocycles. The summed E-state index contributed by atoms with van der Waals surface area (Å²) < 4.78 is 53.6. The Morgan fingerprint density at radius 3 is 2.27 bits per heavy atom. The summed E-state index contributed by atoms with van der Waals surface area (Å²) in [5.41, 5.74) is -0.576. The molecular weight excluding hydrogens is 533 g/mol. The van der Waals surface area contributed by atoms with Gasteiger partial charge in [-0.3, -0.25) is 18.8 Å². The Morgan fingerprint density at radius 2 is 1.68 bits per heavy atom. The lowest BCUT2D eigenvalue weighted by Crippen LogP contribution is -2.35. The molecule has 11 nitrogen and oxygen atoms in total. The van der Waals surface area contributed by atoms with Gasteiger partial charge >= 0.3 is 12.2 Å². The Morgan fingerprint density at radius 1 is 1.00 bits per heavy atom. The van der Waals surface area contributed by atoms with Gasteiger partial charge < -0.3 is 25.4 Å². The first kappa shape index (κ1) is 30.4. The average molecular weight is 565 g/mol. The normalized spacial score (nSPS) is 11.3. The van der Waals surface area contributed by atoms with Crippen LogP contribution in [0.1, 0.15) is 21.6 Å². The fourth-order valence-electron chi connectivity index (χ4n) is 3.88. The molecule has 0 atom stereocenters. The number of carbonyl (C=O) groups is 2. The minimum absolute atomic E-state index is 0.0238. The first-order valence-electron chi connectivity index (χ1n) is 12.4. The number of nitrogens with zero attached hydrogens (tertiary/aromatic N) is 3. The molecule has 216 valence electrons. The van der Waals surface area contributed by atoms with E-state index < -0.39 is 23.2 Å². The molecule has 0 spiro atoms. The van der Waals surface area contributed by atoms with Crippen LogP contribution >= 0.6 is 0 Å². The van der Waals surface area contributed by atoms with Crippen LogP contribution in [0, 0.1) is 6.92 Å². The smallest absolute Gasteiger partial charge is 0.377 e. The molecular formula is C26H31F3N6O5. The van der Waals surface area contributed by atoms with Crippen LogP contribution in [0.5, 0.6) is 0 Å². The summed E-state index contributed by atoms with van der Waals surface area (Å²) in [6.07, 6.45) is -3.07. The number of halogens is 3. The molecule has 2 heterocycles. The summed E-state index contributed by atoms with van der Waals surface area (Å²) in [4.78, 5) is 37.5. The van der Waals surface area contributed by atoms with E-state index in [4.69, 9.17) is 9.47 Å². The molecule has 0 aliphatic heterocycles. The van der Waals surface area contributed by atoms with Crippen molar-refractivity contribution in [1.82, 2.24) is 30.3 Å². The first-order valence-corrected chi connectivity index (χ1v) is 12.4. The van der Waals surface area contributed by atoms with Crippen molar-refractivity contribution in [1.29, 1.82) is 0 Å². The van der Waals surface area contributed by atoms with Gasteiger partial charge in [0.05, 0.1) is 37.7 Å². The van der Waals surface area contributed by atoms with E-state index in [2.05, 4.69) is 21.0 Å². The van der Waals surface area contributed by atoms with Crippen molar-refractivity contribution in [3.63, 3.8) is 0 Å². The van der Waals surface area contributed by atoms with E-state index in [1.807, 2.05) is 0 Å². The monoisotopic (exact) mass is 564 g/mol. The maximum absolute atomic E-state index is 13.4. The first-order chi connectivity index (χ1) is 19.0. The van der Waals surface area contributed by atoms with Gasteiger partial charge in [-0.25, -0.2) is 4.79 Å². The number of rotatable bonds is 12. The molecule has 0 radical (unpaired) electrons. The van der Waals surface area contributed by atoms with Crippen molar-refractivity contribution in [3.05, 3.63) is 69.8 Å². The third kappa shape index (κ3) is 7.70. The third-order valence-electron chi connectivity index (χ3n) is 5.88. The van der Waals surface area contributed by atoms with Gasteiger partial charge in [0.2, 0.25) is 0 Å². The van der Waals surface area contributed by atoms with Crippen LogP contribution in [0.25, 0.3) is 16.9 Å². The third-order valence-corrected chi connectivity index (χ3v) is 5.88. The number of hydrogen-bond acceptors (Lipinski definition) is 6. The van der Waals surface area contributed by atoms with Crippen molar-refractivity contribution < 1.29 is 32.2 Å². The quantitative estimate of drug-likeness (QED) is 0.290. The van der Waals surface area contributed by atoms with Crippen molar-refractivity contribution in [2.45, 2.75) is 13.1 Å². The molecule has 0 bridgehead atoms. The van der Waals surface area contributed by atoms with Crippen molar-refractivity contribution >= 4 is 11.9 Å². The number of carbonyl (C=O) groups excluding carboxylic acids is 2. The Kier molecular flexibility index (Phi) is 10.4. The zero-order chi connectivity index (χ0) is 29.3. The van der Waals surface area contributed by atoms with Gasteiger partial charge in [0.25, 0.3) is 11.5 Å². The number of amides is 3. The highest BCUT2D eigenvalue weighted by atomic mass is 19.4. The van der Waals surface area contributed by atoms with Crippen LogP contribution in [-0.2, 0) is 22.7 Å². The lowest BCUT2D eigenvalue weighted by atomic mass is 10.1. The zero-order valence-electron chi connectivity index (χ0n) is 22.3. The summed E-state index contributed by atoms with van der Waals surface area (Å²) in [6.45, 7) is 2.96. The van der Waals surface area contributed by atoms with Gasteiger partial charge in [-0.15, -0.1) is 0 Å². The van der Waals surface area contributed by atoms with Gasteiger partial charge in [-0.05, 0) is 37.3 Å². The second-order valence-electron chi connectivity index (χ2n) is 8.57. The second kappa shape index (κ2) is 13.8. The number of alkyl halides is 3. The number of ether oxygens (including phenoxy) is 2. The highest BCUT2D eigenvalue weighted by Gasteiger charge is 2.31. The summed E-state index contributed by atoms with van der Waals surface area (Å²) >= 11 is 0. The van der Waals surface area contributed by atoms with Crippen LogP contribution < -0.4 is 21.5 Å². The van der Waals surface area contributed by atoms with Gasteiger partial charge in [0.1, 0.15) is 5.56 Å². The molecule has 14 heteroatoms. The molecule has 0 unspecified atom stereocenters. The Bertz CT molecular complexity index is 1390. The van der Waals surface area contributed by atoms with Crippen LogP contribution in [0.15, 0.2) is 47.4 Å². The molecule has 3 N–H and O–H groups in total. The summed E-state index contributed by atoms with van der Waals surface area (Å²) in [5.74, 6) is -0.700. The minimum Gasteiger partial charge on any atom is -0.377 e. The van der Waals surface area contributed by atoms with Crippen molar-refractivity contribution in [3.8, 4) is 16.9 Å². The van der Waals surface area contributed by atoms with Crippen LogP contribution in [-0.4, -0.2) is 72.9 Å². The maximum atomic E-state index is 13.4. The van der Waals surface area contributed by atoms with Crippen molar-refractivity contribution in [2.75, 3.05) is 46.6 Å². The highest BCUT2D eigenvalue weighted by molar-refractivity contribution is 5.95. The zero-order valence-corrected chi connectivity index (χ0v) is 22.3. The number of hydrogen-bond donors (Lipinski definition) is 3. The summed E-state index contributed by atoms with van der Waals surface area (Å²) in [5, 5.41) is 11.7. The molecule has 1 aromatic carbocycles. The topological polar surface area (TPSA) is 129 Å². The fraction of sp³-hybridized carbons (Fsp3) is 0.385. The minimum atomic E-state index is -4.61. The lowest BCUT2D eigenvalue weighted by molar-refractivity contribution is -0.137. The predicted molar refractivity (Wildman–Crippen MR) is 140 cm³/mol. The van der Waals surface area contributed by atoms with E-state index in [0.717, 1.165) is 16.7 Å². The lowest BCUT2D eigenvalue weighted by Gasteiger charge is -2.18. The molecule has 0 aliphatic rings. The number of aryl methyl sites for hydroxylation is 1. The molecule has 3 aromatic rings. The Labute approximate surface area is 228 Å². The van der Waals surface area contributed by atoms with Crippen LogP contribution in [0.3, 0.4) is 0 Å². The molecule has 0 saturated heterocycles. The molecule has 0 fully saturated rings. The van der Waals surface area contributed by atoms with Crippen LogP contribution in [0.4, 0.5) is 18.0 Å². The highest BCUT2D eigenvalue weighted by Crippen LogP contribution is 2.31. The van der Waals surface area contributed by atoms with E-state index in [9.17, 15) is 27.6 Å². The molecule has 2 aromatic heterocycles. The van der Waals surface area contributed by atoms with E-state index in [1.165, 1.54) is 36.1 Å². The van der Waals surface area contributed by atoms with Crippen molar-refractivity contribution in [2.24, 2.45) is 7.05 Å². The average Bonchev–Trinajstić information content (AvgIpc) is 3.34. The summed E-state index contributed by atoms with van der Waals surface area (Å²) in [7, 11) is 3.18. The van der Waals surface area contributed by atoms with Gasteiger partial charge in [0.15, 0.2) is 0 Å². The second-order valence-corrected chi connectivity index (χ2v) is 8.57. The van der Waals surface area contributed by atoms with Gasteiger partial charge in [-0.2, -0.15) is 18.3 Å². The van der Waals surface area contributed by atoms with E-state index >= 15 is 0 Å². The Balaban J connectivity index is 1.73. The van der Waals surface area contributed by atoms with Crippen LogP contribution in [0.2, 0.25) is 0 Å². The fourth-order valence-corrected chi connectivity index (χ4v) is 3.88. The Hall–Kier alpha value is -4.17. The number of urea groups is 1. The van der Waals surface area contributed by atoms with Gasteiger partial charge in [0, 0.05) is 50.3 Å². The maximum Gasteiger partial charge on any atom is 0.416 e. The predicted octanol–water partition coefficient (Wildman–Crippen LogP) is 2.26. The number of aromatic nitrogens is 3. The molecule has 3 rings (SSSR count). The molecule has 40 heavy (non-hydrogen) atoms. The van der Waals surface area contributed by atoms with Gasteiger partial charge in [-0.1, -0.05) is 6.07 Å². The van der Waals surface area contributed by atoms with E-state index in [-0.39, 0.29) is 43.6 Å². The van der Waals surface area contributed by atoms with E-state index in [0.29, 0.717) is 30.1 Å². The SMILES string of the molecule is CNC(=O)NCCOCCOCCNC(=O)c1cc(-c2ccnn2C)c(C)n(-c2cccc(C(F)(F)F)c2)c1=O. The number of benzene rings is 1. The summed E-state index contributed by atoms with van der Waals surface area (Å²) in [6, 6.07) is 7.15.